The fourth-order valence-electron chi connectivity index (χ4n) is 9.28. The van der Waals surface area contributed by atoms with Crippen molar-refractivity contribution in [1.82, 2.24) is 0 Å². The van der Waals surface area contributed by atoms with Crippen molar-refractivity contribution < 1.29 is 28.6 Å². The number of hydrogen-bond acceptors (Lipinski definition) is 6. The molecule has 0 aliphatic rings. The summed E-state index contributed by atoms with van der Waals surface area (Å²) in [7, 11) is 0. The van der Waals surface area contributed by atoms with Crippen LogP contribution in [0.2, 0.25) is 0 Å². The summed E-state index contributed by atoms with van der Waals surface area (Å²) in [6.45, 7) is 6.52. The number of carbonyl (C=O) groups excluding carboxylic acids is 3. The smallest absolute Gasteiger partial charge is 0.306 e. The first-order valence-electron chi connectivity index (χ1n) is 33.4. The molecule has 0 amide bonds. The lowest BCUT2D eigenvalue weighted by Crippen LogP contribution is -2.30. The summed E-state index contributed by atoms with van der Waals surface area (Å²) in [6, 6.07) is 0. The predicted octanol–water partition coefficient (Wildman–Crippen LogP) is 23.0. The molecule has 0 N–H and O–H groups in total. The maximum absolute atomic E-state index is 12.9. The van der Waals surface area contributed by atoms with E-state index in [1.165, 1.54) is 154 Å². The molecule has 0 fully saturated rings. The predicted molar refractivity (Wildman–Crippen MR) is 343 cm³/mol. The number of rotatable bonds is 60. The normalized spacial score (nSPS) is 12.8. The quantitative estimate of drug-likeness (QED) is 0.0261. The van der Waals surface area contributed by atoms with Gasteiger partial charge in [-0.25, -0.2) is 0 Å². The lowest BCUT2D eigenvalue weighted by molar-refractivity contribution is -0.167. The van der Waals surface area contributed by atoms with E-state index in [1.807, 2.05) is 0 Å². The van der Waals surface area contributed by atoms with Gasteiger partial charge in [-0.2, -0.15) is 0 Å². The van der Waals surface area contributed by atoms with Gasteiger partial charge in [0.25, 0.3) is 0 Å². The Morgan fingerprint density at radius 3 is 0.772 bits per heavy atom. The van der Waals surface area contributed by atoms with Gasteiger partial charge in [0.15, 0.2) is 6.10 Å². The monoisotopic (exact) mass is 1100 g/mol. The largest absolute Gasteiger partial charge is 0.462 e. The van der Waals surface area contributed by atoms with Gasteiger partial charge in [-0.15, -0.1) is 0 Å². The van der Waals surface area contributed by atoms with E-state index in [1.54, 1.807) is 0 Å². The summed E-state index contributed by atoms with van der Waals surface area (Å²) in [5, 5.41) is 0. The van der Waals surface area contributed by atoms with E-state index < -0.39 is 6.10 Å². The highest BCUT2D eigenvalue weighted by Crippen LogP contribution is 2.16. The molecule has 0 aromatic heterocycles. The molecule has 6 nitrogen and oxygen atoms in total. The lowest BCUT2D eigenvalue weighted by Gasteiger charge is -2.18. The van der Waals surface area contributed by atoms with Crippen molar-refractivity contribution in [3.63, 3.8) is 0 Å². The van der Waals surface area contributed by atoms with Crippen LogP contribution < -0.4 is 0 Å². The molecule has 6 heteroatoms. The molecular weight excluding hydrogens is 973 g/mol. The van der Waals surface area contributed by atoms with Crippen molar-refractivity contribution in [3.05, 3.63) is 109 Å². The van der Waals surface area contributed by atoms with E-state index in [9.17, 15) is 14.4 Å². The van der Waals surface area contributed by atoms with Gasteiger partial charge in [-0.05, 0) is 109 Å². The summed E-state index contributed by atoms with van der Waals surface area (Å²) >= 11 is 0. The van der Waals surface area contributed by atoms with E-state index >= 15 is 0 Å². The van der Waals surface area contributed by atoms with E-state index in [4.69, 9.17) is 14.2 Å². The minimum Gasteiger partial charge on any atom is -0.462 e. The van der Waals surface area contributed by atoms with Crippen LogP contribution in [-0.4, -0.2) is 37.2 Å². The Balaban J connectivity index is 4.31. The van der Waals surface area contributed by atoms with Crippen LogP contribution in [0.1, 0.15) is 316 Å². The van der Waals surface area contributed by atoms with E-state index in [0.29, 0.717) is 19.3 Å². The zero-order valence-corrected chi connectivity index (χ0v) is 51.9. The van der Waals surface area contributed by atoms with Gasteiger partial charge in [0.1, 0.15) is 13.2 Å². The molecule has 0 aliphatic heterocycles. The third-order valence-electron chi connectivity index (χ3n) is 14.3. The molecule has 0 aromatic rings. The number of carbonyl (C=O) groups is 3. The Bertz CT molecular complexity index is 1590. The van der Waals surface area contributed by atoms with Crippen LogP contribution in [0, 0.1) is 0 Å². The minimum atomic E-state index is -0.787. The molecule has 0 aromatic carbocycles. The van der Waals surface area contributed by atoms with E-state index in [0.717, 1.165) is 122 Å². The maximum Gasteiger partial charge on any atom is 0.306 e. The molecule has 452 valence electrons. The van der Waals surface area contributed by atoms with Crippen molar-refractivity contribution in [3.8, 4) is 0 Å². The van der Waals surface area contributed by atoms with Crippen molar-refractivity contribution in [2.45, 2.75) is 322 Å². The Kier molecular flexibility index (Phi) is 63.3. The second-order valence-corrected chi connectivity index (χ2v) is 22.0. The summed E-state index contributed by atoms with van der Waals surface area (Å²) in [6.07, 6.45) is 91.0. The Labute approximate surface area is 489 Å². The lowest BCUT2D eigenvalue weighted by atomic mass is 10.1. The van der Waals surface area contributed by atoms with Crippen molar-refractivity contribution in [1.29, 1.82) is 0 Å². The number of unbranched alkanes of at least 4 members (excludes halogenated alkanes) is 31. The fourth-order valence-corrected chi connectivity index (χ4v) is 9.28. The third-order valence-corrected chi connectivity index (χ3v) is 14.3. The molecule has 0 saturated carbocycles. The maximum atomic E-state index is 12.9. The first kappa shape index (κ1) is 75.1. The molecule has 0 saturated heterocycles. The molecule has 1 atom stereocenters. The summed E-state index contributed by atoms with van der Waals surface area (Å²) in [5.41, 5.74) is 0. The molecule has 0 aliphatic carbocycles. The molecule has 0 radical (unpaired) electrons. The minimum absolute atomic E-state index is 0.0820. The standard InChI is InChI=1S/C73H124O6/c1-4-7-10-13-16-19-22-24-26-28-30-32-34-35-36-37-39-40-42-44-46-48-51-54-57-60-63-66-72(75)78-69-70(68-77-71(74)65-62-59-56-53-50-21-18-15-12-9-6-3)79-73(76)67-64-61-58-55-52-49-47-45-43-41-38-33-31-29-27-25-23-20-17-14-11-8-5-2/h7,10,16,19,23-26,29-32,35-36,38-41,70H,4-6,8-9,11-15,17-18,20-22,27-28,33-34,37,42-69H2,1-3H3/b10-7-,19-16-,25-23-,26-24-,31-29-,32-30-,36-35-,40-39-,41-38-. The van der Waals surface area contributed by atoms with Gasteiger partial charge in [0.2, 0.25) is 0 Å². The first-order valence-corrected chi connectivity index (χ1v) is 33.4. The Hall–Kier alpha value is -3.93. The molecule has 0 bridgehead atoms. The Morgan fingerprint density at radius 2 is 0.494 bits per heavy atom. The van der Waals surface area contributed by atoms with Gasteiger partial charge >= 0.3 is 17.9 Å². The second kappa shape index (κ2) is 66.6. The number of ether oxygens (including phenoxy) is 3. The van der Waals surface area contributed by atoms with E-state index in [2.05, 4.69) is 130 Å². The summed E-state index contributed by atoms with van der Waals surface area (Å²) < 4.78 is 16.9. The summed E-state index contributed by atoms with van der Waals surface area (Å²) in [4.78, 5) is 38.3. The van der Waals surface area contributed by atoms with Crippen LogP contribution in [0.15, 0.2) is 109 Å². The van der Waals surface area contributed by atoms with Gasteiger partial charge in [-0.3, -0.25) is 14.4 Å². The number of hydrogen-bond donors (Lipinski definition) is 0. The molecular formula is C73H124O6. The van der Waals surface area contributed by atoms with Gasteiger partial charge < -0.3 is 14.2 Å². The third kappa shape index (κ3) is 64.8. The van der Waals surface area contributed by atoms with Crippen LogP contribution >= 0.6 is 0 Å². The SMILES string of the molecule is CC/C=C\C/C=C\C/C=C\C/C=C\C/C=C\C/C=C\CCCCCCCCCCC(=O)OCC(COC(=O)CCCCCCCCCCCCC)OC(=O)CCCCCCCCCC/C=C\C/C=C\C/C=C\CCCCCCC. The average Bonchev–Trinajstić information content (AvgIpc) is 3.45. The molecule has 79 heavy (non-hydrogen) atoms. The van der Waals surface area contributed by atoms with Crippen LogP contribution in [-0.2, 0) is 28.6 Å². The van der Waals surface area contributed by atoms with Crippen LogP contribution in [0.3, 0.4) is 0 Å². The first-order chi connectivity index (χ1) is 39.0. The van der Waals surface area contributed by atoms with Crippen molar-refractivity contribution in [2.75, 3.05) is 13.2 Å². The highest BCUT2D eigenvalue weighted by molar-refractivity contribution is 5.71. The van der Waals surface area contributed by atoms with Gasteiger partial charge in [0, 0.05) is 19.3 Å². The van der Waals surface area contributed by atoms with Crippen molar-refractivity contribution in [2.24, 2.45) is 0 Å². The topological polar surface area (TPSA) is 78.9 Å². The zero-order chi connectivity index (χ0) is 57.1. The number of esters is 3. The highest BCUT2D eigenvalue weighted by atomic mass is 16.6. The Morgan fingerprint density at radius 1 is 0.266 bits per heavy atom. The van der Waals surface area contributed by atoms with Gasteiger partial charge in [-0.1, -0.05) is 297 Å². The van der Waals surface area contributed by atoms with Gasteiger partial charge in [0.05, 0.1) is 0 Å². The second-order valence-electron chi connectivity index (χ2n) is 22.0. The van der Waals surface area contributed by atoms with Crippen LogP contribution in [0.5, 0.6) is 0 Å². The molecule has 0 heterocycles. The average molecular weight is 1100 g/mol. The van der Waals surface area contributed by atoms with E-state index in [-0.39, 0.29) is 31.1 Å². The zero-order valence-electron chi connectivity index (χ0n) is 51.9. The van der Waals surface area contributed by atoms with Crippen LogP contribution in [0.4, 0.5) is 0 Å². The molecule has 0 rings (SSSR count). The molecule has 0 spiro atoms. The molecule has 1 unspecified atom stereocenters. The van der Waals surface area contributed by atoms with Crippen molar-refractivity contribution >= 4 is 17.9 Å². The highest BCUT2D eigenvalue weighted by Gasteiger charge is 2.19. The van der Waals surface area contributed by atoms with Crippen LogP contribution in [0.25, 0.3) is 0 Å². The number of allylic oxidation sites excluding steroid dienone is 18. The fraction of sp³-hybridized carbons (Fsp3) is 0.712. The summed E-state index contributed by atoms with van der Waals surface area (Å²) in [5.74, 6) is -0.889.